The number of hydrogen-bond donors (Lipinski definition) is 1. The van der Waals surface area contributed by atoms with Crippen LogP contribution in [0.4, 0.5) is 10.1 Å². The number of hydrogen-bond acceptors (Lipinski definition) is 5. The molecule has 0 bridgehead atoms. The fraction of sp³-hybridized carbons (Fsp3) is 0.412. The molecule has 7 heteroatoms. The van der Waals surface area contributed by atoms with E-state index < -0.39 is 16.8 Å². The molecular weight excluding hydrogens is 315 g/mol. The minimum atomic E-state index is -0.735. The fourth-order valence-electron chi connectivity index (χ4n) is 3.30. The van der Waals surface area contributed by atoms with Crippen LogP contribution < -0.4 is 0 Å². The molecule has 0 radical (unpaired) electrons. The van der Waals surface area contributed by atoms with E-state index in [4.69, 9.17) is 4.42 Å². The van der Waals surface area contributed by atoms with E-state index in [2.05, 4.69) is 0 Å². The van der Waals surface area contributed by atoms with E-state index in [-0.39, 0.29) is 23.8 Å². The molecule has 2 heterocycles. The summed E-state index contributed by atoms with van der Waals surface area (Å²) >= 11 is 0. The standard InChI is InChI=1S/C17H19FN2O4/c18-14-5-1-6-15(20(22)23)13(14)11-19-8-2-4-12(19)10-16(21)17-7-3-9-24-17/h1,3,5-7,9,12,16,21H,2,4,8,10-11H2. The smallest absolute Gasteiger partial charge is 0.276 e. The van der Waals surface area contributed by atoms with Gasteiger partial charge >= 0.3 is 0 Å². The number of nitro benzene ring substituents is 1. The summed E-state index contributed by atoms with van der Waals surface area (Å²) in [6, 6.07) is 7.37. The van der Waals surface area contributed by atoms with E-state index in [0.29, 0.717) is 12.2 Å². The molecule has 1 saturated heterocycles. The number of halogens is 1. The average molecular weight is 334 g/mol. The number of likely N-dealkylation sites (tertiary alicyclic amines) is 1. The van der Waals surface area contributed by atoms with Crippen LogP contribution in [0.5, 0.6) is 0 Å². The number of furan rings is 1. The van der Waals surface area contributed by atoms with E-state index in [1.54, 1.807) is 12.1 Å². The lowest BCUT2D eigenvalue weighted by molar-refractivity contribution is -0.386. The number of benzene rings is 1. The Morgan fingerprint density at radius 2 is 2.25 bits per heavy atom. The Kier molecular flexibility index (Phi) is 4.92. The third-order valence-corrected chi connectivity index (χ3v) is 4.52. The van der Waals surface area contributed by atoms with E-state index in [0.717, 1.165) is 19.4 Å². The second-order valence-corrected chi connectivity index (χ2v) is 6.03. The Bertz CT molecular complexity index is 705. The predicted molar refractivity (Wildman–Crippen MR) is 84.8 cm³/mol. The molecule has 24 heavy (non-hydrogen) atoms. The molecule has 2 unspecified atom stereocenters. The van der Waals surface area contributed by atoms with E-state index in [9.17, 15) is 19.6 Å². The zero-order valence-electron chi connectivity index (χ0n) is 13.1. The van der Waals surface area contributed by atoms with Gasteiger partial charge in [-0.2, -0.15) is 0 Å². The van der Waals surface area contributed by atoms with Crippen molar-refractivity contribution >= 4 is 5.69 Å². The van der Waals surface area contributed by atoms with Gasteiger partial charge in [0.2, 0.25) is 0 Å². The van der Waals surface area contributed by atoms with Gasteiger partial charge in [0.05, 0.1) is 16.7 Å². The van der Waals surface area contributed by atoms with Crippen LogP contribution in [0.2, 0.25) is 0 Å². The lowest BCUT2D eigenvalue weighted by atomic mass is 10.0. The highest BCUT2D eigenvalue weighted by Gasteiger charge is 2.30. The molecule has 0 spiro atoms. The van der Waals surface area contributed by atoms with Crippen molar-refractivity contribution in [1.82, 2.24) is 4.90 Å². The Morgan fingerprint density at radius 3 is 2.96 bits per heavy atom. The second kappa shape index (κ2) is 7.11. The largest absolute Gasteiger partial charge is 0.467 e. The summed E-state index contributed by atoms with van der Waals surface area (Å²) in [6.45, 7) is 0.888. The van der Waals surface area contributed by atoms with Gasteiger partial charge < -0.3 is 9.52 Å². The van der Waals surface area contributed by atoms with Gasteiger partial charge in [0.1, 0.15) is 17.7 Å². The minimum absolute atomic E-state index is 0.0318. The van der Waals surface area contributed by atoms with Crippen molar-refractivity contribution in [2.24, 2.45) is 0 Å². The van der Waals surface area contributed by atoms with Crippen LogP contribution in [0.3, 0.4) is 0 Å². The first kappa shape index (κ1) is 16.6. The molecule has 0 aliphatic carbocycles. The van der Waals surface area contributed by atoms with Crippen molar-refractivity contribution in [3.8, 4) is 0 Å². The molecule has 128 valence electrons. The number of aliphatic hydroxyl groups excluding tert-OH is 1. The molecule has 0 amide bonds. The highest BCUT2D eigenvalue weighted by Crippen LogP contribution is 2.31. The van der Waals surface area contributed by atoms with Gasteiger partial charge in [-0.05, 0) is 44.0 Å². The maximum Gasteiger partial charge on any atom is 0.276 e. The van der Waals surface area contributed by atoms with Gasteiger partial charge in [-0.1, -0.05) is 6.07 Å². The Labute approximate surface area is 138 Å². The summed E-state index contributed by atoms with van der Waals surface area (Å²) in [5.41, 5.74) is -0.103. The first-order valence-electron chi connectivity index (χ1n) is 7.93. The normalized spacial score (nSPS) is 19.5. The predicted octanol–water partition coefficient (Wildman–Crippen LogP) is 3.42. The third-order valence-electron chi connectivity index (χ3n) is 4.52. The van der Waals surface area contributed by atoms with Crippen molar-refractivity contribution < 1.29 is 18.8 Å². The maximum absolute atomic E-state index is 14.1. The molecule has 1 N–H and O–H groups in total. The van der Waals surface area contributed by atoms with Crippen molar-refractivity contribution in [3.63, 3.8) is 0 Å². The highest BCUT2D eigenvalue weighted by molar-refractivity contribution is 5.40. The molecule has 3 rings (SSSR count). The van der Waals surface area contributed by atoms with Crippen LogP contribution in [0.1, 0.15) is 36.7 Å². The van der Waals surface area contributed by atoms with Gasteiger partial charge in [-0.15, -0.1) is 0 Å². The number of aliphatic hydroxyl groups is 1. The quantitative estimate of drug-likeness (QED) is 0.647. The minimum Gasteiger partial charge on any atom is -0.467 e. The first-order valence-corrected chi connectivity index (χ1v) is 7.93. The molecule has 6 nitrogen and oxygen atoms in total. The van der Waals surface area contributed by atoms with Crippen molar-refractivity contribution in [1.29, 1.82) is 0 Å². The van der Waals surface area contributed by atoms with Crippen LogP contribution in [-0.4, -0.2) is 27.5 Å². The zero-order valence-corrected chi connectivity index (χ0v) is 13.1. The molecule has 2 aromatic rings. The summed E-state index contributed by atoms with van der Waals surface area (Å²) in [5, 5.41) is 21.4. The van der Waals surface area contributed by atoms with Gasteiger partial charge in [-0.25, -0.2) is 4.39 Å². The monoisotopic (exact) mass is 334 g/mol. The van der Waals surface area contributed by atoms with Crippen molar-refractivity contribution in [2.75, 3.05) is 6.54 Å². The van der Waals surface area contributed by atoms with Crippen LogP contribution in [0.15, 0.2) is 41.0 Å². The maximum atomic E-state index is 14.1. The van der Waals surface area contributed by atoms with Crippen molar-refractivity contribution in [2.45, 2.75) is 38.0 Å². The summed E-state index contributed by atoms with van der Waals surface area (Å²) in [7, 11) is 0. The van der Waals surface area contributed by atoms with E-state index in [1.165, 1.54) is 24.5 Å². The highest BCUT2D eigenvalue weighted by atomic mass is 19.1. The Balaban J connectivity index is 1.74. The number of rotatable bonds is 6. The SMILES string of the molecule is O=[N+]([O-])c1cccc(F)c1CN1CCCC1CC(O)c1ccco1. The molecule has 0 saturated carbocycles. The fourth-order valence-corrected chi connectivity index (χ4v) is 3.30. The topological polar surface area (TPSA) is 79.8 Å². The lowest BCUT2D eigenvalue weighted by Gasteiger charge is -2.26. The number of nitrogens with zero attached hydrogens (tertiary/aromatic N) is 2. The van der Waals surface area contributed by atoms with Crippen LogP contribution >= 0.6 is 0 Å². The lowest BCUT2D eigenvalue weighted by Crippen LogP contribution is -2.31. The van der Waals surface area contributed by atoms with Crippen LogP contribution in [0, 0.1) is 15.9 Å². The van der Waals surface area contributed by atoms with Crippen molar-refractivity contribution in [3.05, 3.63) is 63.9 Å². The summed E-state index contributed by atoms with van der Waals surface area (Å²) in [5.74, 6) is -0.0693. The summed E-state index contributed by atoms with van der Waals surface area (Å²) < 4.78 is 19.3. The third kappa shape index (κ3) is 3.47. The van der Waals surface area contributed by atoms with Gasteiger partial charge in [-0.3, -0.25) is 15.0 Å². The van der Waals surface area contributed by atoms with Gasteiger partial charge in [0.25, 0.3) is 5.69 Å². The molecule has 1 aromatic heterocycles. The molecule has 2 atom stereocenters. The Morgan fingerprint density at radius 1 is 1.42 bits per heavy atom. The van der Waals surface area contributed by atoms with E-state index >= 15 is 0 Å². The van der Waals surface area contributed by atoms with Crippen LogP contribution in [-0.2, 0) is 6.54 Å². The number of nitro groups is 1. The zero-order chi connectivity index (χ0) is 17.1. The summed E-state index contributed by atoms with van der Waals surface area (Å²) in [6.07, 6.45) is 3.00. The molecular formula is C17H19FN2O4. The molecule has 1 aliphatic rings. The Hall–Kier alpha value is -2.25. The molecule has 1 fully saturated rings. The van der Waals surface area contributed by atoms with Gasteiger partial charge in [0.15, 0.2) is 0 Å². The van der Waals surface area contributed by atoms with E-state index in [1.807, 2.05) is 4.90 Å². The average Bonchev–Trinajstić information content (AvgIpc) is 3.21. The second-order valence-electron chi connectivity index (χ2n) is 6.03. The van der Waals surface area contributed by atoms with Gasteiger partial charge in [0, 0.05) is 18.7 Å². The first-order chi connectivity index (χ1) is 11.6. The molecule has 1 aromatic carbocycles. The molecule has 1 aliphatic heterocycles. The summed E-state index contributed by atoms with van der Waals surface area (Å²) in [4.78, 5) is 12.6. The van der Waals surface area contributed by atoms with Crippen LogP contribution in [0.25, 0.3) is 0 Å².